The average molecular weight is 310 g/mol. The molecule has 0 radical (unpaired) electrons. The van der Waals surface area contributed by atoms with Crippen LogP contribution in [0.2, 0.25) is 0 Å². The number of hydrogen-bond donors (Lipinski definition) is 2. The monoisotopic (exact) mass is 310 g/mol. The number of aryl methyl sites for hydroxylation is 1. The SMILES string of the molecule is Cc1ccc(C(=O)NCc2cccc(NC(=O)C(C)C)c2)cc1. The predicted molar refractivity (Wildman–Crippen MR) is 92.3 cm³/mol. The topological polar surface area (TPSA) is 58.2 Å². The fraction of sp³-hybridized carbons (Fsp3) is 0.263. The van der Waals surface area contributed by atoms with Crippen LogP contribution in [0, 0.1) is 12.8 Å². The van der Waals surface area contributed by atoms with Crippen molar-refractivity contribution >= 4 is 17.5 Å². The lowest BCUT2D eigenvalue weighted by Crippen LogP contribution is -2.23. The standard InChI is InChI=1S/C19H22N2O2/c1-13(2)18(22)21-17-6-4-5-15(11-17)12-20-19(23)16-9-7-14(3)8-10-16/h4-11,13H,12H2,1-3H3,(H,20,23)(H,21,22). The zero-order valence-corrected chi connectivity index (χ0v) is 13.7. The molecule has 0 saturated heterocycles. The summed E-state index contributed by atoms with van der Waals surface area (Å²) in [4.78, 5) is 23.8. The summed E-state index contributed by atoms with van der Waals surface area (Å²) < 4.78 is 0. The van der Waals surface area contributed by atoms with Gasteiger partial charge < -0.3 is 10.6 Å². The first-order valence-corrected chi connectivity index (χ1v) is 7.70. The first kappa shape index (κ1) is 16.7. The van der Waals surface area contributed by atoms with Crippen LogP contribution in [0.3, 0.4) is 0 Å². The van der Waals surface area contributed by atoms with E-state index in [1.54, 1.807) is 0 Å². The van der Waals surface area contributed by atoms with Crippen molar-refractivity contribution in [3.8, 4) is 0 Å². The molecule has 2 aromatic rings. The normalized spacial score (nSPS) is 10.4. The highest BCUT2D eigenvalue weighted by molar-refractivity contribution is 5.94. The number of nitrogens with one attached hydrogen (secondary N) is 2. The molecule has 2 rings (SSSR count). The third kappa shape index (κ3) is 4.95. The van der Waals surface area contributed by atoms with Gasteiger partial charge in [-0.25, -0.2) is 0 Å². The summed E-state index contributed by atoms with van der Waals surface area (Å²) in [5, 5.41) is 5.74. The molecule has 120 valence electrons. The fourth-order valence-electron chi connectivity index (χ4n) is 2.03. The predicted octanol–water partition coefficient (Wildman–Crippen LogP) is 3.52. The summed E-state index contributed by atoms with van der Waals surface area (Å²) >= 11 is 0. The lowest BCUT2D eigenvalue weighted by Gasteiger charge is -2.10. The van der Waals surface area contributed by atoms with Gasteiger partial charge in [-0.3, -0.25) is 9.59 Å². The zero-order chi connectivity index (χ0) is 16.8. The van der Waals surface area contributed by atoms with E-state index in [1.165, 1.54) is 0 Å². The van der Waals surface area contributed by atoms with Crippen molar-refractivity contribution in [3.63, 3.8) is 0 Å². The minimum absolute atomic E-state index is 0.0224. The van der Waals surface area contributed by atoms with Gasteiger partial charge >= 0.3 is 0 Å². The highest BCUT2D eigenvalue weighted by Gasteiger charge is 2.08. The average Bonchev–Trinajstić information content (AvgIpc) is 2.53. The van der Waals surface area contributed by atoms with Crippen molar-refractivity contribution < 1.29 is 9.59 Å². The lowest BCUT2D eigenvalue weighted by atomic mass is 10.1. The van der Waals surface area contributed by atoms with Crippen molar-refractivity contribution in [2.24, 2.45) is 5.92 Å². The van der Waals surface area contributed by atoms with Gasteiger partial charge in [-0.1, -0.05) is 43.7 Å². The Balaban J connectivity index is 1.96. The van der Waals surface area contributed by atoms with Gasteiger partial charge in [-0.2, -0.15) is 0 Å². The molecule has 23 heavy (non-hydrogen) atoms. The Hall–Kier alpha value is -2.62. The van der Waals surface area contributed by atoms with E-state index in [0.717, 1.165) is 16.8 Å². The minimum Gasteiger partial charge on any atom is -0.348 e. The molecule has 0 fully saturated rings. The Morgan fingerprint density at radius 1 is 1.04 bits per heavy atom. The molecule has 0 aromatic heterocycles. The minimum atomic E-state index is -0.110. The van der Waals surface area contributed by atoms with E-state index in [1.807, 2.05) is 69.3 Å². The molecule has 0 bridgehead atoms. The van der Waals surface area contributed by atoms with Gasteiger partial charge in [0, 0.05) is 23.7 Å². The van der Waals surface area contributed by atoms with E-state index in [4.69, 9.17) is 0 Å². The van der Waals surface area contributed by atoms with Gasteiger partial charge in [0.25, 0.3) is 5.91 Å². The molecular weight excluding hydrogens is 288 g/mol. The number of hydrogen-bond acceptors (Lipinski definition) is 2. The summed E-state index contributed by atoms with van der Waals surface area (Å²) in [6.07, 6.45) is 0. The zero-order valence-electron chi connectivity index (χ0n) is 13.7. The number of benzene rings is 2. The molecule has 0 aliphatic carbocycles. The number of amides is 2. The number of carbonyl (C=O) groups excluding carboxylic acids is 2. The largest absolute Gasteiger partial charge is 0.348 e. The third-order valence-corrected chi connectivity index (χ3v) is 3.49. The second kappa shape index (κ2) is 7.58. The molecule has 2 aromatic carbocycles. The Morgan fingerprint density at radius 2 is 1.74 bits per heavy atom. The molecule has 0 unspecified atom stereocenters. The van der Waals surface area contributed by atoms with Crippen LogP contribution in [0.4, 0.5) is 5.69 Å². The molecule has 2 amide bonds. The van der Waals surface area contributed by atoms with Crippen molar-refractivity contribution in [2.75, 3.05) is 5.32 Å². The summed E-state index contributed by atoms with van der Waals surface area (Å²) in [7, 11) is 0. The van der Waals surface area contributed by atoms with Crippen LogP contribution < -0.4 is 10.6 Å². The van der Waals surface area contributed by atoms with Gasteiger partial charge in [0.05, 0.1) is 0 Å². The van der Waals surface area contributed by atoms with Crippen molar-refractivity contribution in [1.82, 2.24) is 5.32 Å². The van der Waals surface area contributed by atoms with E-state index < -0.39 is 0 Å². The first-order chi connectivity index (χ1) is 11.0. The third-order valence-electron chi connectivity index (χ3n) is 3.49. The molecule has 0 aliphatic heterocycles. The van der Waals surface area contributed by atoms with Gasteiger partial charge in [-0.15, -0.1) is 0 Å². The van der Waals surface area contributed by atoms with Crippen molar-refractivity contribution in [1.29, 1.82) is 0 Å². The van der Waals surface area contributed by atoms with Crippen LogP contribution in [-0.2, 0) is 11.3 Å². The maximum Gasteiger partial charge on any atom is 0.251 e. The van der Waals surface area contributed by atoms with Crippen LogP contribution >= 0.6 is 0 Å². The molecule has 4 heteroatoms. The molecule has 0 atom stereocenters. The lowest BCUT2D eigenvalue weighted by molar-refractivity contribution is -0.118. The van der Waals surface area contributed by atoms with Gasteiger partial charge in [0.2, 0.25) is 5.91 Å². The molecule has 0 aliphatic rings. The van der Waals surface area contributed by atoms with Crippen LogP contribution in [0.15, 0.2) is 48.5 Å². The molecule has 0 heterocycles. The van der Waals surface area contributed by atoms with Gasteiger partial charge in [0.1, 0.15) is 0 Å². The second-order valence-corrected chi connectivity index (χ2v) is 5.89. The highest BCUT2D eigenvalue weighted by atomic mass is 16.2. The second-order valence-electron chi connectivity index (χ2n) is 5.89. The summed E-state index contributed by atoms with van der Waals surface area (Å²) in [5.41, 5.74) is 3.44. The van der Waals surface area contributed by atoms with Crippen LogP contribution in [-0.4, -0.2) is 11.8 Å². The highest BCUT2D eigenvalue weighted by Crippen LogP contribution is 2.12. The summed E-state index contributed by atoms with van der Waals surface area (Å²) in [6, 6.07) is 14.9. The Labute approximate surface area is 136 Å². The molecular formula is C19H22N2O2. The van der Waals surface area contributed by atoms with E-state index in [-0.39, 0.29) is 17.7 Å². The number of anilines is 1. The Kier molecular flexibility index (Phi) is 5.52. The molecule has 2 N–H and O–H groups in total. The molecule has 0 spiro atoms. The molecule has 0 saturated carbocycles. The van der Waals surface area contributed by atoms with Crippen LogP contribution in [0.5, 0.6) is 0 Å². The van der Waals surface area contributed by atoms with Crippen molar-refractivity contribution in [2.45, 2.75) is 27.3 Å². The number of carbonyl (C=O) groups is 2. The maximum absolute atomic E-state index is 12.1. The van der Waals surface area contributed by atoms with E-state index in [9.17, 15) is 9.59 Å². The van der Waals surface area contributed by atoms with Crippen LogP contribution in [0.25, 0.3) is 0 Å². The maximum atomic E-state index is 12.1. The smallest absolute Gasteiger partial charge is 0.251 e. The Bertz CT molecular complexity index is 691. The molecule has 4 nitrogen and oxygen atoms in total. The van der Waals surface area contributed by atoms with Crippen LogP contribution in [0.1, 0.15) is 35.3 Å². The fourth-order valence-corrected chi connectivity index (χ4v) is 2.03. The van der Waals surface area contributed by atoms with Gasteiger partial charge in [-0.05, 0) is 36.8 Å². The quantitative estimate of drug-likeness (QED) is 0.887. The number of rotatable bonds is 5. The van der Waals surface area contributed by atoms with E-state index >= 15 is 0 Å². The van der Waals surface area contributed by atoms with E-state index in [2.05, 4.69) is 10.6 Å². The van der Waals surface area contributed by atoms with Crippen molar-refractivity contribution in [3.05, 3.63) is 65.2 Å². The summed E-state index contributed by atoms with van der Waals surface area (Å²) in [5.74, 6) is -0.202. The Morgan fingerprint density at radius 3 is 2.39 bits per heavy atom. The first-order valence-electron chi connectivity index (χ1n) is 7.70. The summed E-state index contributed by atoms with van der Waals surface area (Å²) in [6.45, 7) is 6.10. The van der Waals surface area contributed by atoms with E-state index in [0.29, 0.717) is 12.1 Å². The van der Waals surface area contributed by atoms with Gasteiger partial charge in [0.15, 0.2) is 0 Å².